The minimum Gasteiger partial charge on any atom is 0 e. The molecule has 0 rings (SSSR count). The van der Waals surface area contributed by atoms with E-state index < -0.39 is 0 Å². The summed E-state index contributed by atoms with van der Waals surface area (Å²) in [5, 5.41) is 0. The van der Waals surface area contributed by atoms with Gasteiger partial charge >= 0.3 is 0 Å². The smallest absolute Gasteiger partial charge is 0 e. The summed E-state index contributed by atoms with van der Waals surface area (Å²) >= 11 is 0. The van der Waals surface area contributed by atoms with Crippen molar-refractivity contribution in [3.63, 3.8) is 0 Å². The molecule has 0 saturated heterocycles. The molecule has 0 saturated carbocycles. The predicted molar refractivity (Wildman–Crippen MR) is 5.75 cm³/mol. The molecule has 0 heterocycles. The van der Waals surface area contributed by atoms with Crippen LogP contribution in [0.15, 0.2) is 0 Å². The van der Waals surface area contributed by atoms with Crippen LogP contribution in [0.25, 0.3) is 0 Å². The van der Waals surface area contributed by atoms with Gasteiger partial charge in [0.2, 0.25) is 0 Å². The first-order chi connectivity index (χ1) is 0. The van der Waals surface area contributed by atoms with Gasteiger partial charge in [0.15, 0.2) is 0 Å². The Labute approximate surface area is 82.5 Å². The average molecular weight is 434 g/mol. The molecule has 0 nitrogen and oxygen atoms in total. The van der Waals surface area contributed by atoms with Gasteiger partial charge in [-0.05, 0) is 0 Å². The summed E-state index contributed by atoms with van der Waals surface area (Å²) in [7, 11) is 0. The second-order valence-corrected chi connectivity index (χ2v) is 0. The normalized spacial score (nSPS) is 0. The average Bonchev–Trinajstić information content (AvgIpc) is 0. The zero-order valence-corrected chi connectivity index (χ0v) is 11.3. The monoisotopic (exact) mass is 434 g/mol. The summed E-state index contributed by atoms with van der Waals surface area (Å²) in [5.74, 6) is 0. The van der Waals surface area contributed by atoms with Crippen LogP contribution in [0.3, 0.4) is 0 Å². The van der Waals surface area contributed by atoms with E-state index in [0.29, 0.717) is 0 Å². The van der Waals surface area contributed by atoms with Gasteiger partial charge in [-0.3, -0.25) is 0 Å². The third-order valence-electron chi connectivity index (χ3n) is 0. The first-order valence-electron chi connectivity index (χ1n) is 0. The van der Waals surface area contributed by atoms with Gasteiger partial charge in [-0.1, -0.05) is 0 Å². The van der Waals surface area contributed by atoms with Gasteiger partial charge in [0.05, 0.1) is 0 Å². The SMILES string of the molecule is [Bi].[Cu].[Mo].[Zn]. The van der Waals surface area contributed by atoms with Crippen LogP contribution in [0.4, 0.5) is 0 Å². The standard InChI is InChI=1S/Bi.Cu.Mo.Zn. The molecule has 0 aliphatic rings. The Balaban J connectivity index is 0. The molecule has 4 heavy (non-hydrogen) atoms. The molecular formula is BiCuMoZn. The summed E-state index contributed by atoms with van der Waals surface area (Å²) in [6, 6.07) is 0. The van der Waals surface area contributed by atoms with E-state index in [9.17, 15) is 0 Å². The van der Waals surface area contributed by atoms with E-state index in [4.69, 9.17) is 0 Å². The summed E-state index contributed by atoms with van der Waals surface area (Å²) in [6.07, 6.45) is 0. The third kappa shape index (κ3) is 8.83. The second kappa shape index (κ2) is 17.2. The molecule has 0 unspecified atom stereocenters. The molecule has 24 valence electrons. The van der Waals surface area contributed by atoms with Gasteiger partial charge in [0.1, 0.15) is 0 Å². The van der Waals surface area contributed by atoms with Crippen LogP contribution in [0.1, 0.15) is 0 Å². The maximum Gasteiger partial charge on any atom is 0 e. The molecule has 0 aliphatic heterocycles. The molecule has 0 aromatic carbocycles. The zero-order chi connectivity index (χ0) is 0. The molecule has 0 aromatic rings. The van der Waals surface area contributed by atoms with Crippen LogP contribution in [-0.2, 0) is 57.6 Å². The number of hydrogen-bond donors (Lipinski definition) is 0. The van der Waals surface area contributed by atoms with E-state index in [1.165, 1.54) is 0 Å². The minimum atomic E-state index is 0. The molecule has 0 spiro atoms. The topological polar surface area (TPSA) is 0 Å². The van der Waals surface area contributed by atoms with Crippen LogP contribution in [-0.4, -0.2) is 26.2 Å². The molecule has 4 radical (unpaired) electrons. The molecule has 0 fully saturated rings. The van der Waals surface area contributed by atoms with Gasteiger partial charge in [-0.2, -0.15) is 0 Å². The van der Waals surface area contributed by atoms with E-state index in [-0.39, 0.29) is 83.8 Å². The molecular weight excluding hydrogens is 434 g/mol. The second-order valence-electron chi connectivity index (χ2n) is 0. The largest absolute Gasteiger partial charge is 0 e. The van der Waals surface area contributed by atoms with Crippen molar-refractivity contribution in [2.45, 2.75) is 0 Å². The van der Waals surface area contributed by atoms with Crippen LogP contribution >= 0.6 is 0 Å². The third-order valence-corrected chi connectivity index (χ3v) is 0. The van der Waals surface area contributed by atoms with E-state index >= 15 is 0 Å². The van der Waals surface area contributed by atoms with Crippen LogP contribution < -0.4 is 0 Å². The minimum absolute atomic E-state index is 0. The van der Waals surface area contributed by atoms with Crippen molar-refractivity contribution in [3.05, 3.63) is 0 Å². The molecule has 0 bridgehead atoms. The molecule has 0 aliphatic carbocycles. The van der Waals surface area contributed by atoms with E-state index in [2.05, 4.69) is 0 Å². The summed E-state index contributed by atoms with van der Waals surface area (Å²) in [6.45, 7) is 0. The molecule has 0 amide bonds. The van der Waals surface area contributed by atoms with Gasteiger partial charge in [0.25, 0.3) is 0 Å². The Hall–Kier alpha value is 2.71. The Morgan fingerprint density at radius 1 is 1.00 bits per heavy atom. The molecule has 4 heteroatoms. The first kappa shape index (κ1) is 29.8. The fourth-order valence-electron chi connectivity index (χ4n) is 0. The van der Waals surface area contributed by atoms with Crippen molar-refractivity contribution in [1.82, 2.24) is 0 Å². The van der Waals surface area contributed by atoms with Crippen LogP contribution in [0.2, 0.25) is 0 Å². The van der Waals surface area contributed by atoms with Gasteiger partial charge < -0.3 is 0 Å². The Morgan fingerprint density at radius 3 is 1.00 bits per heavy atom. The van der Waals surface area contributed by atoms with E-state index in [0.717, 1.165) is 0 Å². The van der Waals surface area contributed by atoms with Gasteiger partial charge in [-0.15, -0.1) is 0 Å². The Morgan fingerprint density at radius 2 is 1.00 bits per heavy atom. The van der Waals surface area contributed by atoms with Crippen LogP contribution in [0, 0.1) is 0 Å². The fourth-order valence-corrected chi connectivity index (χ4v) is 0. The van der Waals surface area contributed by atoms with Crippen molar-refractivity contribution < 1.29 is 57.6 Å². The molecule has 0 N–H and O–H groups in total. The molecule has 0 aromatic heterocycles. The van der Waals surface area contributed by atoms with Gasteiger partial charge in [-0.25, -0.2) is 0 Å². The Kier molecular flexibility index (Phi) is 128. The summed E-state index contributed by atoms with van der Waals surface area (Å²) in [4.78, 5) is 0. The van der Waals surface area contributed by atoms with Crippen molar-refractivity contribution in [1.29, 1.82) is 0 Å². The first-order valence-corrected chi connectivity index (χ1v) is 0. The quantitative estimate of drug-likeness (QED) is 0.457. The molecule has 0 atom stereocenters. The summed E-state index contributed by atoms with van der Waals surface area (Å²) in [5.41, 5.74) is 0. The van der Waals surface area contributed by atoms with E-state index in [1.54, 1.807) is 0 Å². The van der Waals surface area contributed by atoms with Crippen molar-refractivity contribution in [3.8, 4) is 0 Å². The number of rotatable bonds is 0. The maximum atomic E-state index is 0. The van der Waals surface area contributed by atoms with Crippen molar-refractivity contribution in [2.75, 3.05) is 0 Å². The van der Waals surface area contributed by atoms with Crippen molar-refractivity contribution in [2.24, 2.45) is 0 Å². The van der Waals surface area contributed by atoms with Crippen molar-refractivity contribution >= 4 is 26.2 Å². The summed E-state index contributed by atoms with van der Waals surface area (Å²) < 4.78 is 0. The number of hydrogen-bond acceptors (Lipinski definition) is 0. The van der Waals surface area contributed by atoms with Crippen LogP contribution in [0.5, 0.6) is 0 Å². The maximum absolute atomic E-state index is 0. The van der Waals surface area contributed by atoms with Gasteiger partial charge in [0, 0.05) is 83.8 Å². The zero-order valence-electron chi connectivity index (χ0n) is 1.86. The Bertz CT molecular complexity index is 8.00. The predicted octanol–water partition coefficient (Wildman–Crippen LogP) is -0.388. The fraction of sp³-hybridized carbons (Fsp3) is 0. The van der Waals surface area contributed by atoms with E-state index in [1.807, 2.05) is 0 Å².